The first-order valence-corrected chi connectivity index (χ1v) is 7.40. The van der Waals surface area contributed by atoms with Crippen LogP contribution in [-0.2, 0) is 9.59 Å². The number of carbonyl (C=O) groups is 2. The number of carbonyl (C=O) groups excluding carboxylic acids is 1. The molecule has 2 rings (SSSR count). The van der Waals surface area contributed by atoms with E-state index in [0.29, 0.717) is 6.42 Å². The van der Waals surface area contributed by atoms with Gasteiger partial charge < -0.3 is 16.2 Å². The van der Waals surface area contributed by atoms with Crippen LogP contribution in [0.15, 0.2) is 30.3 Å². The second-order valence-corrected chi connectivity index (χ2v) is 5.62. The summed E-state index contributed by atoms with van der Waals surface area (Å²) >= 11 is 0. The first-order chi connectivity index (χ1) is 10.1. The Bertz CT molecular complexity index is 490. The Hall–Kier alpha value is -1.88. The summed E-state index contributed by atoms with van der Waals surface area (Å²) in [5.74, 6) is -1.48. The van der Waals surface area contributed by atoms with Crippen molar-refractivity contribution in [3.8, 4) is 0 Å². The second kappa shape index (κ2) is 7.22. The highest BCUT2D eigenvalue weighted by Gasteiger charge is 2.31. The summed E-state index contributed by atoms with van der Waals surface area (Å²) in [5.41, 5.74) is 6.93. The molecule has 1 aliphatic rings. The molecule has 3 unspecified atom stereocenters. The van der Waals surface area contributed by atoms with Gasteiger partial charge in [0.2, 0.25) is 5.91 Å². The Labute approximate surface area is 124 Å². The number of carboxylic acid groups (broad SMARTS) is 1. The molecule has 1 aliphatic carbocycles. The molecule has 0 heterocycles. The summed E-state index contributed by atoms with van der Waals surface area (Å²) in [7, 11) is 0. The minimum absolute atomic E-state index is 0.173. The number of hydrogen-bond acceptors (Lipinski definition) is 3. The fraction of sp³-hybridized carbons (Fsp3) is 0.500. The van der Waals surface area contributed by atoms with Crippen LogP contribution in [0.2, 0.25) is 0 Å². The van der Waals surface area contributed by atoms with E-state index >= 15 is 0 Å². The average Bonchev–Trinajstić information content (AvgIpc) is 2.48. The zero-order valence-corrected chi connectivity index (χ0v) is 12.0. The minimum atomic E-state index is -0.827. The van der Waals surface area contributed by atoms with Gasteiger partial charge in [-0.1, -0.05) is 43.2 Å². The lowest BCUT2D eigenvalue weighted by atomic mass is 9.84. The third-order valence-electron chi connectivity index (χ3n) is 4.06. The highest BCUT2D eigenvalue weighted by molar-refractivity contribution is 5.78. The average molecular weight is 290 g/mol. The van der Waals surface area contributed by atoms with E-state index in [4.69, 9.17) is 5.73 Å². The molecule has 4 N–H and O–H groups in total. The maximum atomic E-state index is 12.1. The van der Waals surface area contributed by atoms with Crippen molar-refractivity contribution in [2.75, 3.05) is 0 Å². The number of carboxylic acids is 1. The molecule has 1 saturated carbocycles. The number of hydrogen-bond donors (Lipinski definition) is 3. The molecule has 21 heavy (non-hydrogen) atoms. The lowest BCUT2D eigenvalue weighted by Gasteiger charge is -2.29. The molecule has 114 valence electrons. The van der Waals surface area contributed by atoms with E-state index in [1.807, 2.05) is 30.3 Å². The molecule has 0 radical (unpaired) electrons. The molecular formula is C16H22N2O3. The van der Waals surface area contributed by atoms with Crippen LogP contribution in [0.5, 0.6) is 0 Å². The number of benzene rings is 1. The van der Waals surface area contributed by atoms with Gasteiger partial charge in [0.25, 0.3) is 0 Å². The molecule has 0 spiro atoms. The summed E-state index contributed by atoms with van der Waals surface area (Å²) < 4.78 is 0. The molecule has 0 saturated heterocycles. The minimum Gasteiger partial charge on any atom is -0.481 e. The summed E-state index contributed by atoms with van der Waals surface area (Å²) in [6, 6.07) is 8.81. The van der Waals surface area contributed by atoms with E-state index in [0.717, 1.165) is 24.8 Å². The standard InChI is InChI=1S/C16H22N2O3/c17-13(11-6-2-1-3-7-11)10-15(19)18-14-9-5-4-8-12(14)16(20)21/h1-3,6-7,12-14H,4-5,8-10,17H2,(H,18,19)(H,20,21). The summed E-state index contributed by atoms with van der Waals surface area (Å²) in [4.78, 5) is 23.3. The largest absolute Gasteiger partial charge is 0.481 e. The molecule has 3 atom stereocenters. The van der Waals surface area contributed by atoms with Gasteiger partial charge >= 0.3 is 5.97 Å². The van der Waals surface area contributed by atoms with Gasteiger partial charge in [-0.25, -0.2) is 0 Å². The SMILES string of the molecule is NC(CC(=O)NC1CCCCC1C(=O)O)c1ccccc1. The van der Waals surface area contributed by atoms with Crippen molar-refractivity contribution in [2.24, 2.45) is 11.7 Å². The molecule has 1 aromatic carbocycles. The van der Waals surface area contributed by atoms with Crippen LogP contribution < -0.4 is 11.1 Å². The Morgan fingerprint density at radius 1 is 1.24 bits per heavy atom. The monoisotopic (exact) mass is 290 g/mol. The quantitative estimate of drug-likeness (QED) is 0.771. The number of nitrogens with two attached hydrogens (primary N) is 1. The van der Waals surface area contributed by atoms with Crippen molar-refractivity contribution in [3.63, 3.8) is 0 Å². The second-order valence-electron chi connectivity index (χ2n) is 5.62. The Morgan fingerprint density at radius 2 is 1.90 bits per heavy atom. The van der Waals surface area contributed by atoms with Gasteiger partial charge in [-0.15, -0.1) is 0 Å². The van der Waals surface area contributed by atoms with Crippen molar-refractivity contribution in [3.05, 3.63) is 35.9 Å². The number of aliphatic carboxylic acids is 1. The lowest BCUT2D eigenvalue weighted by Crippen LogP contribution is -2.45. The van der Waals surface area contributed by atoms with Crippen molar-refractivity contribution in [1.82, 2.24) is 5.32 Å². The third-order valence-corrected chi connectivity index (χ3v) is 4.06. The van der Waals surface area contributed by atoms with Gasteiger partial charge in [-0.05, 0) is 18.4 Å². The molecule has 5 heteroatoms. The van der Waals surface area contributed by atoms with Crippen LogP contribution in [0.1, 0.15) is 43.7 Å². The lowest BCUT2D eigenvalue weighted by molar-refractivity contribution is -0.144. The fourth-order valence-electron chi connectivity index (χ4n) is 2.88. The van der Waals surface area contributed by atoms with E-state index in [1.54, 1.807) is 0 Å². The van der Waals surface area contributed by atoms with Gasteiger partial charge in [0.1, 0.15) is 0 Å². The highest BCUT2D eigenvalue weighted by atomic mass is 16.4. The van der Waals surface area contributed by atoms with Crippen LogP contribution >= 0.6 is 0 Å². The van der Waals surface area contributed by atoms with Gasteiger partial charge in [0.05, 0.1) is 5.92 Å². The maximum absolute atomic E-state index is 12.1. The summed E-state index contributed by atoms with van der Waals surface area (Å²) in [6.07, 6.45) is 3.40. The number of amides is 1. The van der Waals surface area contributed by atoms with Gasteiger partial charge in [-0.3, -0.25) is 9.59 Å². The predicted molar refractivity (Wildman–Crippen MR) is 79.5 cm³/mol. The van der Waals surface area contributed by atoms with Gasteiger partial charge in [0.15, 0.2) is 0 Å². The van der Waals surface area contributed by atoms with E-state index < -0.39 is 11.9 Å². The Morgan fingerprint density at radius 3 is 2.57 bits per heavy atom. The van der Waals surface area contributed by atoms with Crippen LogP contribution in [0.4, 0.5) is 0 Å². The smallest absolute Gasteiger partial charge is 0.308 e. The van der Waals surface area contributed by atoms with Crippen LogP contribution in [0, 0.1) is 5.92 Å². The topological polar surface area (TPSA) is 92.4 Å². The number of nitrogens with one attached hydrogen (secondary N) is 1. The van der Waals surface area contributed by atoms with Crippen molar-refractivity contribution in [1.29, 1.82) is 0 Å². The van der Waals surface area contributed by atoms with Crippen molar-refractivity contribution in [2.45, 2.75) is 44.2 Å². The summed E-state index contributed by atoms with van der Waals surface area (Å²) in [6.45, 7) is 0. The van der Waals surface area contributed by atoms with E-state index in [2.05, 4.69) is 5.32 Å². The first-order valence-electron chi connectivity index (χ1n) is 7.40. The molecule has 5 nitrogen and oxygen atoms in total. The highest BCUT2D eigenvalue weighted by Crippen LogP contribution is 2.25. The summed E-state index contributed by atoms with van der Waals surface area (Å²) in [5, 5.41) is 12.1. The van der Waals surface area contributed by atoms with Crippen LogP contribution in [0.25, 0.3) is 0 Å². The van der Waals surface area contributed by atoms with Crippen LogP contribution in [-0.4, -0.2) is 23.0 Å². The van der Waals surface area contributed by atoms with E-state index in [1.165, 1.54) is 0 Å². The normalized spacial score (nSPS) is 23.3. The molecule has 1 fully saturated rings. The van der Waals surface area contributed by atoms with E-state index in [9.17, 15) is 14.7 Å². The molecule has 1 aromatic rings. The molecule has 0 aromatic heterocycles. The zero-order valence-electron chi connectivity index (χ0n) is 12.0. The number of rotatable bonds is 5. The molecule has 0 bridgehead atoms. The van der Waals surface area contributed by atoms with Gasteiger partial charge in [0, 0.05) is 18.5 Å². The molecule has 1 amide bonds. The van der Waals surface area contributed by atoms with E-state index in [-0.39, 0.29) is 24.4 Å². The predicted octanol–water partition coefficient (Wildman–Crippen LogP) is 1.84. The zero-order chi connectivity index (χ0) is 15.2. The van der Waals surface area contributed by atoms with Crippen molar-refractivity contribution < 1.29 is 14.7 Å². The Kier molecular flexibility index (Phi) is 5.33. The maximum Gasteiger partial charge on any atom is 0.308 e. The Balaban J connectivity index is 1.90. The van der Waals surface area contributed by atoms with Gasteiger partial charge in [-0.2, -0.15) is 0 Å². The third kappa shape index (κ3) is 4.29. The molecule has 0 aliphatic heterocycles. The first kappa shape index (κ1) is 15.5. The molecular weight excluding hydrogens is 268 g/mol. The van der Waals surface area contributed by atoms with Crippen molar-refractivity contribution >= 4 is 11.9 Å². The van der Waals surface area contributed by atoms with Crippen LogP contribution in [0.3, 0.4) is 0 Å². The fourth-order valence-corrected chi connectivity index (χ4v) is 2.88.